The molecule has 78 valence electrons. The number of hydrogen-bond donors (Lipinski definition) is 1. The summed E-state index contributed by atoms with van der Waals surface area (Å²) in [5.74, 6) is 1.06. The summed E-state index contributed by atoms with van der Waals surface area (Å²) in [6, 6.07) is 2.99. The van der Waals surface area contributed by atoms with E-state index in [2.05, 4.69) is 0 Å². The van der Waals surface area contributed by atoms with Gasteiger partial charge in [0.15, 0.2) is 0 Å². The zero-order chi connectivity index (χ0) is 10.6. The van der Waals surface area contributed by atoms with E-state index < -0.39 is 5.63 Å². The first kappa shape index (κ1) is 10.8. The molecule has 1 aromatic rings. The maximum atomic E-state index is 10.9. The number of nitrogens with two attached hydrogens (primary N) is 1. The van der Waals surface area contributed by atoms with Crippen LogP contribution in [-0.4, -0.2) is 12.6 Å². The van der Waals surface area contributed by atoms with Crippen LogP contribution in [-0.2, 0) is 0 Å². The topological polar surface area (TPSA) is 65.5 Å². The molecule has 0 amide bonds. The van der Waals surface area contributed by atoms with Crippen LogP contribution in [0.4, 0.5) is 0 Å². The molecule has 1 heterocycles. The largest absolute Gasteiger partial charge is 0.492 e. The molecule has 2 N–H and O–H groups in total. The molecule has 4 nitrogen and oxygen atoms in total. The average molecular weight is 197 g/mol. The minimum absolute atomic E-state index is 0.00236. The third-order valence-electron chi connectivity index (χ3n) is 1.86. The van der Waals surface area contributed by atoms with E-state index in [1.165, 1.54) is 6.07 Å². The van der Waals surface area contributed by atoms with E-state index in [1.54, 1.807) is 13.0 Å². The quantitative estimate of drug-likeness (QED) is 0.783. The molecule has 0 radical (unpaired) electrons. The third kappa shape index (κ3) is 3.22. The van der Waals surface area contributed by atoms with Crippen molar-refractivity contribution in [2.24, 2.45) is 5.73 Å². The zero-order valence-corrected chi connectivity index (χ0v) is 8.45. The van der Waals surface area contributed by atoms with Gasteiger partial charge in [0.1, 0.15) is 18.1 Å². The highest BCUT2D eigenvalue weighted by Crippen LogP contribution is 2.09. The second-order valence-corrected chi connectivity index (χ2v) is 3.20. The Morgan fingerprint density at radius 1 is 1.57 bits per heavy atom. The van der Waals surface area contributed by atoms with Crippen LogP contribution in [0.5, 0.6) is 5.75 Å². The lowest BCUT2D eigenvalue weighted by Gasteiger charge is -2.10. The molecule has 0 spiro atoms. The smallest absolute Gasteiger partial charge is 0.339 e. The van der Waals surface area contributed by atoms with E-state index in [4.69, 9.17) is 14.9 Å². The number of aryl methyl sites for hydroxylation is 1. The molecule has 0 bridgehead atoms. The Morgan fingerprint density at radius 3 is 2.86 bits per heavy atom. The van der Waals surface area contributed by atoms with Crippen LogP contribution in [0.3, 0.4) is 0 Å². The van der Waals surface area contributed by atoms with Gasteiger partial charge in [-0.1, -0.05) is 6.92 Å². The minimum atomic E-state index is -0.398. The van der Waals surface area contributed by atoms with E-state index in [0.717, 1.165) is 6.42 Å². The Morgan fingerprint density at radius 2 is 2.29 bits per heavy atom. The predicted octanol–water partition coefficient (Wildman–Crippen LogP) is 1.06. The summed E-state index contributed by atoms with van der Waals surface area (Å²) >= 11 is 0. The number of rotatable bonds is 4. The molecule has 0 aliphatic heterocycles. The Bertz CT molecular complexity index is 345. The third-order valence-corrected chi connectivity index (χ3v) is 1.86. The Kier molecular flexibility index (Phi) is 3.71. The van der Waals surface area contributed by atoms with Crippen molar-refractivity contribution in [1.29, 1.82) is 0 Å². The lowest BCUT2D eigenvalue weighted by Crippen LogP contribution is -2.26. The van der Waals surface area contributed by atoms with Gasteiger partial charge in [-0.15, -0.1) is 0 Å². The van der Waals surface area contributed by atoms with Crippen LogP contribution >= 0.6 is 0 Å². The SMILES string of the molecule is CC[C@H](N)COc1cc(C)oc(=O)c1. The molecule has 0 aromatic carbocycles. The highest BCUT2D eigenvalue weighted by atomic mass is 16.5. The van der Waals surface area contributed by atoms with Gasteiger partial charge in [-0.3, -0.25) is 0 Å². The molecule has 0 saturated heterocycles. The van der Waals surface area contributed by atoms with Gasteiger partial charge in [0.05, 0.1) is 6.07 Å². The summed E-state index contributed by atoms with van der Waals surface area (Å²) in [6.07, 6.45) is 0.848. The maximum absolute atomic E-state index is 10.9. The lowest BCUT2D eigenvalue weighted by molar-refractivity contribution is 0.281. The molecule has 0 aliphatic rings. The van der Waals surface area contributed by atoms with E-state index in [-0.39, 0.29) is 6.04 Å². The van der Waals surface area contributed by atoms with Crippen molar-refractivity contribution in [2.75, 3.05) is 6.61 Å². The second kappa shape index (κ2) is 4.81. The van der Waals surface area contributed by atoms with Gasteiger partial charge < -0.3 is 14.9 Å². The van der Waals surface area contributed by atoms with Gasteiger partial charge in [0.25, 0.3) is 0 Å². The maximum Gasteiger partial charge on any atom is 0.339 e. The van der Waals surface area contributed by atoms with Crippen LogP contribution in [0.25, 0.3) is 0 Å². The van der Waals surface area contributed by atoms with Gasteiger partial charge >= 0.3 is 5.63 Å². The van der Waals surface area contributed by atoms with E-state index in [9.17, 15) is 4.79 Å². The molecule has 1 rings (SSSR count). The molecule has 1 aromatic heterocycles. The average Bonchev–Trinajstić information content (AvgIpc) is 2.12. The monoisotopic (exact) mass is 197 g/mol. The van der Waals surface area contributed by atoms with Crippen molar-refractivity contribution in [3.63, 3.8) is 0 Å². The van der Waals surface area contributed by atoms with Crippen molar-refractivity contribution in [2.45, 2.75) is 26.3 Å². The van der Waals surface area contributed by atoms with Crippen molar-refractivity contribution in [3.8, 4) is 5.75 Å². The first-order chi connectivity index (χ1) is 6.61. The van der Waals surface area contributed by atoms with Crippen molar-refractivity contribution in [3.05, 3.63) is 28.3 Å². The molecule has 0 fully saturated rings. The van der Waals surface area contributed by atoms with Gasteiger partial charge in [-0.05, 0) is 13.3 Å². The molecule has 4 heteroatoms. The minimum Gasteiger partial charge on any atom is -0.492 e. The summed E-state index contributed by atoms with van der Waals surface area (Å²) in [6.45, 7) is 4.10. The molecule has 0 aliphatic carbocycles. The first-order valence-corrected chi connectivity index (χ1v) is 4.62. The van der Waals surface area contributed by atoms with Gasteiger partial charge in [-0.2, -0.15) is 0 Å². The molecule has 1 atom stereocenters. The summed E-state index contributed by atoms with van der Waals surface area (Å²) in [4.78, 5) is 10.9. The summed E-state index contributed by atoms with van der Waals surface area (Å²) < 4.78 is 10.1. The zero-order valence-electron chi connectivity index (χ0n) is 8.45. The van der Waals surface area contributed by atoms with E-state index in [1.807, 2.05) is 6.92 Å². The number of ether oxygens (including phenoxy) is 1. The molecule has 0 unspecified atom stereocenters. The summed E-state index contributed by atoms with van der Waals surface area (Å²) in [5, 5.41) is 0. The lowest BCUT2D eigenvalue weighted by atomic mass is 10.3. The molecular weight excluding hydrogens is 182 g/mol. The highest BCUT2D eigenvalue weighted by molar-refractivity contribution is 5.19. The Hall–Kier alpha value is -1.29. The first-order valence-electron chi connectivity index (χ1n) is 4.62. The molecule has 14 heavy (non-hydrogen) atoms. The summed E-state index contributed by atoms with van der Waals surface area (Å²) in [7, 11) is 0. The van der Waals surface area contributed by atoms with Crippen LogP contribution in [0, 0.1) is 6.92 Å². The fraction of sp³-hybridized carbons (Fsp3) is 0.500. The van der Waals surface area contributed by atoms with Crippen molar-refractivity contribution < 1.29 is 9.15 Å². The van der Waals surface area contributed by atoms with E-state index >= 15 is 0 Å². The van der Waals surface area contributed by atoms with Crippen LogP contribution in [0.15, 0.2) is 21.3 Å². The molecule has 0 saturated carbocycles. The standard InChI is InChI=1S/C10H15NO3/c1-3-8(11)6-13-9-4-7(2)14-10(12)5-9/h4-5,8H,3,6,11H2,1-2H3/t8-/m0/s1. The Labute approximate surface area is 82.7 Å². The predicted molar refractivity (Wildman–Crippen MR) is 53.5 cm³/mol. The van der Waals surface area contributed by atoms with Gasteiger partial charge in [-0.25, -0.2) is 4.79 Å². The van der Waals surface area contributed by atoms with Crippen molar-refractivity contribution >= 4 is 0 Å². The fourth-order valence-electron chi connectivity index (χ4n) is 0.980. The highest BCUT2D eigenvalue weighted by Gasteiger charge is 2.02. The van der Waals surface area contributed by atoms with Gasteiger partial charge in [0.2, 0.25) is 0 Å². The second-order valence-electron chi connectivity index (χ2n) is 3.20. The summed E-state index contributed by atoms with van der Waals surface area (Å²) in [5.41, 5.74) is 5.27. The number of hydrogen-bond acceptors (Lipinski definition) is 4. The fourth-order valence-corrected chi connectivity index (χ4v) is 0.980. The van der Waals surface area contributed by atoms with Crippen molar-refractivity contribution in [1.82, 2.24) is 0 Å². The molecular formula is C10H15NO3. The Balaban J connectivity index is 2.63. The van der Waals surface area contributed by atoms with Gasteiger partial charge in [0, 0.05) is 12.1 Å². The van der Waals surface area contributed by atoms with Crippen LogP contribution < -0.4 is 16.1 Å². The van der Waals surface area contributed by atoms with E-state index in [0.29, 0.717) is 18.1 Å². The van der Waals surface area contributed by atoms with Crippen LogP contribution in [0.1, 0.15) is 19.1 Å². The normalized spacial score (nSPS) is 12.5. The van der Waals surface area contributed by atoms with Crippen LogP contribution in [0.2, 0.25) is 0 Å².